The third kappa shape index (κ3) is 15.1. The Labute approximate surface area is 335 Å². The largest absolute Gasteiger partial charge is 0.463 e. The molecule has 2 aliphatic heterocycles. The second kappa shape index (κ2) is 23.6. The molecule has 1 aromatic carbocycles. The van der Waals surface area contributed by atoms with Gasteiger partial charge in [-0.15, -0.1) is 0 Å². The molecule has 2 heterocycles. The van der Waals surface area contributed by atoms with Gasteiger partial charge in [0.2, 0.25) is 12.4 Å². The third-order valence-electron chi connectivity index (χ3n) is 10.0. The van der Waals surface area contributed by atoms with Gasteiger partial charge < -0.3 is 32.8 Å². The van der Waals surface area contributed by atoms with Crippen molar-refractivity contribution in [1.82, 2.24) is 4.98 Å². The molecule has 0 bridgehead atoms. The molecular weight excluding hydrogens is 734 g/mol. The Hall–Kier alpha value is -4.52. The van der Waals surface area contributed by atoms with E-state index < -0.39 is 54.6 Å². The van der Waals surface area contributed by atoms with Crippen molar-refractivity contribution in [1.29, 1.82) is 0 Å². The molecule has 3 aliphatic rings. The molecule has 5 atom stereocenters. The minimum atomic E-state index is -1.42. The Bertz CT molecular complexity index is 1770. The lowest BCUT2D eigenvalue weighted by Gasteiger charge is -2.43. The molecule has 1 fully saturated rings. The van der Waals surface area contributed by atoms with Crippen LogP contribution in [0.5, 0.6) is 5.75 Å². The fourth-order valence-corrected chi connectivity index (χ4v) is 7.23. The highest BCUT2D eigenvalue weighted by Gasteiger charge is 2.53. The van der Waals surface area contributed by atoms with E-state index in [9.17, 15) is 24.0 Å². The van der Waals surface area contributed by atoms with Crippen molar-refractivity contribution in [2.24, 2.45) is 0 Å². The van der Waals surface area contributed by atoms with Crippen LogP contribution in [0.1, 0.15) is 143 Å². The summed E-state index contributed by atoms with van der Waals surface area (Å²) in [6.45, 7) is 6.50. The van der Waals surface area contributed by atoms with Crippen molar-refractivity contribution in [3.63, 3.8) is 0 Å². The minimum absolute atomic E-state index is 0.113. The number of ether oxygens (including phenoxy) is 6. The highest BCUT2D eigenvalue weighted by Crippen LogP contribution is 2.33. The SMILES string of the molecule is CCCCCCCCCCCCCCCCCCc1cc2nc3ccc(O[C@@H]4O[C@H](COC(C)=O)[C@H](OC(C)=O)[C@H](OC(C)=O)[C@H]4OC(C)=O)cc3oc-2cc1=O. The van der Waals surface area contributed by atoms with Crippen molar-refractivity contribution in [2.75, 3.05) is 6.61 Å². The minimum Gasteiger partial charge on any atom is -0.463 e. The number of carbonyl (C=O) groups excluding carboxylic acids is 4. The quantitative estimate of drug-likeness (QED) is 0.0367. The van der Waals surface area contributed by atoms with E-state index in [1.807, 2.05) is 0 Å². The van der Waals surface area contributed by atoms with Crippen LogP contribution >= 0.6 is 0 Å². The van der Waals surface area contributed by atoms with Crippen LogP contribution in [0.4, 0.5) is 0 Å². The van der Waals surface area contributed by atoms with E-state index in [4.69, 9.17) is 37.8 Å². The number of unbranched alkanes of at least 4 members (excludes halogenated alkanes) is 15. The van der Waals surface area contributed by atoms with E-state index in [1.54, 1.807) is 18.2 Å². The second-order valence-electron chi connectivity index (χ2n) is 15.0. The molecular formula is C44H61NO12. The molecule has 0 unspecified atom stereocenters. The summed E-state index contributed by atoms with van der Waals surface area (Å²) in [7, 11) is 0. The Morgan fingerprint density at radius 2 is 1.19 bits per heavy atom. The van der Waals surface area contributed by atoms with Crippen LogP contribution in [0.25, 0.3) is 22.6 Å². The summed E-state index contributed by atoms with van der Waals surface area (Å²) < 4.78 is 39.8. The van der Waals surface area contributed by atoms with Gasteiger partial charge in [-0.05, 0) is 31.0 Å². The van der Waals surface area contributed by atoms with Gasteiger partial charge in [0, 0.05) is 45.4 Å². The molecule has 0 N–H and O–H groups in total. The smallest absolute Gasteiger partial charge is 0.303 e. The van der Waals surface area contributed by atoms with Gasteiger partial charge in [0.15, 0.2) is 29.0 Å². The lowest BCUT2D eigenvalue weighted by atomic mass is 9.98. The first-order chi connectivity index (χ1) is 27.4. The van der Waals surface area contributed by atoms with Crippen molar-refractivity contribution in [3.05, 3.63) is 46.1 Å². The molecule has 0 radical (unpaired) electrons. The number of benzene rings is 2. The number of nitrogens with zero attached hydrogens (tertiary/aromatic N) is 1. The summed E-state index contributed by atoms with van der Waals surface area (Å²) in [5, 5.41) is 0. The van der Waals surface area contributed by atoms with E-state index in [1.165, 1.54) is 109 Å². The zero-order chi connectivity index (χ0) is 41.2. The van der Waals surface area contributed by atoms with E-state index in [2.05, 4.69) is 6.92 Å². The molecule has 1 saturated heterocycles. The molecule has 57 heavy (non-hydrogen) atoms. The average molecular weight is 796 g/mol. The van der Waals surface area contributed by atoms with Crippen molar-refractivity contribution < 1.29 is 52.0 Å². The summed E-state index contributed by atoms with van der Waals surface area (Å²) in [4.78, 5) is 65.9. The van der Waals surface area contributed by atoms with Gasteiger partial charge in [0.05, 0.1) is 0 Å². The summed E-state index contributed by atoms with van der Waals surface area (Å²) in [5.41, 5.74) is 1.96. The molecule has 13 heteroatoms. The standard InChI is InChI=1S/C44H61NO12/c1-6-7-8-9-10-11-12-13-14-15-16-17-18-19-20-21-22-33-25-36-39(27-37(33)50)56-38-26-34(23-24-35(38)45-36)55-44-43(54-32(5)49)42(53-31(4)48)41(52-30(3)47)40(57-44)28-51-29(2)46/h23-27,40-44H,6-22,28H2,1-5H3/t40-,41+,42+,43-,44-/m1/s1. The highest BCUT2D eigenvalue weighted by atomic mass is 16.7. The first-order valence-corrected chi connectivity index (χ1v) is 20.8. The van der Waals surface area contributed by atoms with Crippen LogP contribution in [0, 0.1) is 0 Å². The van der Waals surface area contributed by atoms with Crippen LogP contribution in [0.3, 0.4) is 0 Å². The summed E-state index contributed by atoms with van der Waals surface area (Å²) in [6, 6.07) is 8.05. The number of esters is 4. The summed E-state index contributed by atoms with van der Waals surface area (Å²) >= 11 is 0. The molecule has 0 aromatic heterocycles. The Morgan fingerprint density at radius 1 is 0.649 bits per heavy atom. The first-order valence-electron chi connectivity index (χ1n) is 20.8. The zero-order valence-electron chi connectivity index (χ0n) is 34.3. The molecule has 1 aliphatic carbocycles. The zero-order valence-corrected chi connectivity index (χ0v) is 34.3. The highest BCUT2D eigenvalue weighted by molar-refractivity contribution is 5.78. The van der Waals surface area contributed by atoms with Crippen LogP contribution in [0.2, 0.25) is 0 Å². The lowest BCUT2D eigenvalue weighted by Crippen LogP contribution is -2.63. The van der Waals surface area contributed by atoms with Crippen LogP contribution in [-0.2, 0) is 49.3 Å². The number of hydrogen-bond donors (Lipinski definition) is 0. The number of hydrogen-bond acceptors (Lipinski definition) is 13. The van der Waals surface area contributed by atoms with Gasteiger partial charge in [-0.25, -0.2) is 4.98 Å². The van der Waals surface area contributed by atoms with Crippen molar-refractivity contribution >= 4 is 35.0 Å². The maximum Gasteiger partial charge on any atom is 0.303 e. The van der Waals surface area contributed by atoms with Gasteiger partial charge in [0.25, 0.3) is 0 Å². The van der Waals surface area contributed by atoms with Gasteiger partial charge in [0.1, 0.15) is 29.7 Å². The predicted molar refractivity (Wildman–Crippen MR) is 213 cm³/mol. The molecule has 0 saturated carbocycles. The van der Waals surface area contributed by atoms with Crippen LogP contribution < -0.4 is 10.2 Å². The van der Waals surface area contributed by atoms with Gasteiger partial charge in [-0.1, -0.05) is 103 Å². The average Bonchev–Trinajstić information content (AvgIpc) is 3.15. The van der Waals surface area contributed by atoms with Gasteiger partial charge in [-0.2, -0.15) is 0 Å². The van der Waals surface area contributed by atoms with E-state index in [0.717, 1.165) is 33.6 Å². The van der Waals surface area contributed by atoms with Gasteiger partial charge in [-0.3, -0.25) is 24.0 Å². The van der Waals surface area contributed by atoms with Crippen LogP contribution in [-0.4, -0.2) is 66.2 Å². The van der Waals surface area contributed by atoms with E-state index >= 15 is 0 Å². The van der Waals surface area contributed by atoms with Crippen LogP contribution in [0.15, 0.2) is 39.5 Å². The third-order valence-corrected chi connectivity index (χ3v) is 10.0. The predicted octanol–water partition coefficient (Wildman–Crippen LogP) is 8.56. The first kappa shape index (κ1) is 45.2. The molecule has 314 valence electrons. The Kier molecular flexibility index (Phi) is 18.7. The molecule has 0 amide bonds. The topological polar surface area (TPSA) is 167 Å². The van der Waals surface area contributed by atoms with E-state index in [-0.39, 0.29) is 17.8 Å². The molecule has 0 spiro atoms. The maximum absolute atomic E-state index is 13.1. The number of rotatable bonds is 24. The maximum atomic E-state index is 13.1. The van der Waals surface area contributed by atoms with Crippen molar-refractivity contribution in [3.8, 4) is 17.2 Å². The second-order valence-corrected chi connectivity index (χ2v) is 15.0. The van der Waals surface area contributed by atoms with Crippen molar-refractivity contribution in [2.45, 2.75) is 174 Å². The molecule has 13 nitrogen and oxygen atoms in total. The monoisotopic (exact) mass is 795 g/mol. The number of carbonyl (C=O) groups is 4. The summed E-state index contributed by atoms with van der Waals surface area (Å²) in [6.07, 6.45) is 14.6. The van der Waals surface area contributed by atoms with Gasteiger partial charge >= 0.3 is 23.9 Å². The summed E-state index contributed by atoms with van der Waals surface area (Å²) in [5.74, 6) is -2.37. The molecule has 1 aromatic rings. The number of fused-ring (bicyclic) bond motifs is 2. The Morgan fingerprint density at radius 3 is 1.75 bits per heavy atom. The molecule has 4 rings (SSSR count). The Balaban J connectivity index is 1.35. The number of aryl methyl sites for hydroxylation is 1. The normalized spacial score (nSPS) is 19.3. The lowest BCUT2D eigenvalue weighted by molar-refractivity contribution is -0.288. The fraction of sp³-hybridized carbons (Fsp3) is 0.636. The number of aromatic nitrogens is 1. The van der Waals surface area contributed by atoms with E-state index in [0.29, 0.717) is 34.5 Å². The fourth-order valence-electron chi connectivity index (χ4n) is 7.23.